The quantitative estimate of drug-likeness (QED) is 0.608. The van der Waals surface area contributed by atoms with Crippen molar-refractivity contribution in [1.82, 2.24) is 0 Å². The monoisotopic (exact) mass is 305 g/mol. The first-order chi connectivity index (χ1) is 7.30. The van der Waals surface area contributed by atoms with E-state index in [4.69, 9.17) is 0 Å². The topological polar surface area (TPSA) is 35.4 Å². The maximum Gasteiger partial charge on any atom is 0.144 e. The summed E-state index contributed by atoms with van der Waals surface area (Å²) >= 11 is 1.95. The molecule has 0 radical (unpaired) electrons. The molecule has 0 aliphatic heterocycles. The van der Waals surface area contributed by atoms with E-state index >= 15 is 0 Å². The standard InChI is InChI=1S/C11H13BrFNOS/c1-11(2,3)16(15)14-7-8-6-9(13)4-5-10(8)12/h4-7H,1-3H3/b14-7+. The molecule has 0 aromatic heterocycles. The Labute approximate surface area is 106 Å². The van der Waals surface area contributed by atoms with Gasteiger partial charge >= 0.3 is 0 Å². The molecule has 0 saturated carbocycles. The highest BCUT2D eigenvalue weighted by Crippen LogP contribution is 2.19. The third kappa shape index (κ3) is 3.88. The largest absolute Gasteiger partial charge is 0.591 e. The zero-order valence-corrected chi connectivity index (χ0v) is 11.7. The van der Waals surface area contributed by atoms with Crippen molar-refractivity contribution in [3.05, 3.63) is 34.1 Å². The van der Waals surface area contributed by atoms with Crippen molar-refractivity contribution in [2.75, 3.05) is 0 Å². The Morgan fingerprint density at radius 2 is 2.06 bits per heavy atom. The van der Waals surface area contributed by atoms with Gasteiger partial charge in [0.2, 0.25) is 0 Å². The Bertz CT molecular complexity index is 403. The summed E-state index contributed by atoms with van der Waals surface area (Å²) in [6.45, 7) is 5.50. The number of nitrogens with zero attached hydrogens (tertiary/aromatic N) is 1. The summed E-state index contributed by atoms with van der Waals surface area (Å²) in [6, 6.07) is 4.28. The molecule has 1 aromatic carbocycles. The lowest BCUT2D eigenvalue weighted by molar-refractivity contribution is 0.562. The minimum Gasteiger partial charge on any atom is -0.591 e. The fourth-order valence-electron chi connectivity index (χ4n) is 0.876. The van der Waals surface area contributed by atoms with Crippen molar-refractivity contribution in [3.63, 3.8) is 0 Å². The molecule has 1 aromatic rings. The molecule has 0 aliphatic rings. The van der Waals surface area contributed by atoms with Gasteiger partial charge in [-0.15, -0.1) is 0 Å². The summed E-state index contributed by atoms with van der Waals surface area (Å²) in [5.41, 5.74) is 0.581. The molecule has 16 heavy (non-hydrogen) atoms. The number of hydrogen-bond acceptors (Lipinski definition) is 2. The summed E-state index contributed by atoms with van der Waals surface area (Å²) in [5, 5.41) is 0. The van der Waals surface area contributed by atoms with Crippen LogP contribution in [0.1, 0.15) is 26.3 Å². The van der Waals surface area contributed by atoms with Gasteiger partial charge in [0.25, 0.3) is 0 Å². The second kappa shape index (κ2) is 5.29. The molecular formula is C11H13BrFNOS. The molecule has 88 valence electrons. The van der Waals surface area contributed by atoms with Gasteiger partial charge in [-0.05, 0) is 39.0 Å². The van der Waals surface area contributed by atoms with Crippen LogP contribution >= 0.6 is 15.9 Å². The first-order valence-electron chi connectivity index (χ1n) is 4.72. The maximum absolute atomic E-state index is 12.9. The van der Waals surface area contributed by atoms with Crippen molar-refractivity contribution in [2.45, 2.75) is 25.5 Å². The van der Waals surface area contributed by atoms with E-state index in [-0.39, 0.29) is 5.82 Å². The molecule has 1 unspecified atom stereocenters. The van der Waals surface area contributed by atoms with E-state index in [0.29, 0.717) is 5.56 Å². The normalized spacial score (nSPS) is 14.4. The predicted molar refractivity (Wildman–Crippen MR) is 69.6 cm³/mol. The third-order valence-electron chi connectivity index (χ3n) is 1.77. The lowest BCUT2D eigenvalue weighted by Crippen LogP contribution is -2.25. The van der Waals surface area contributed by atoms with Gasteiger partial charge in [0.05, 0.1) is 6.21 Å². The molecule has 2 nitrogen and oxygen atoms in total. The van der Waals surface area contributed by atoms with Gasteiger partial charge in [0, 0.05) is 10.0 Å². The zero-order chi connectivity index (χ0) is 12.3. The molecule has 5 heteroatoms. The molecule has 1 rings (SSSR count). The van der Waals surface area contributed by atoms with Crippen molar-refractivity contribution in [1.29, 1.82) is 0 Å². The zero-order valence-electron chi connectivity index (χ0n) is 9.33. The first-order valence-corrected chi connectivity index (χ1v) is 6.62. The SMILES string of the molecule is CC(C)(C)[S+]([O-])/N=C/c1cc(F)ccc1Br. The van der Waals surface area contributed by atoms with E-state index in [0.717, 1.165) is 4.47 Å². The van der Waals surface area contributed by atoms with E-state index in [2.05, 4.69) is 20.3 Å². The van der Waals surface area contributed by atoms with Gasteiger partial charge in [-0.2, -0.15) is 0 Å². The summed E-state index contributed by atoms with van der Waals surface area (Å²) in [7, 11) is 0. The minimum atomic E-state index is -1.33. The Kier molecular flexibility index (Phi) is 4.52. The number of halogens is 2. The van der Waals surface area contributed by atoms with Gasteiger partial charge in [-0.25, -0.2) is 4.39 Å². The lowest BCUT2D eigenvalue weighted by atomic mass is 10.2. The second-order valence-electron chi connectivity index (χ2n) is 4.26. The average Bonchev–Trinajstić information content (AvgIpc) is 2.17. The summed E-state index contributed by atoms with van der Waals surface area (Å²) in [4.78, 5) is 0. The highest BCUT2D eigenvalue weighted by Gasteiger charge is 2.25. The van der Waals surface area contributed by atoms with Crippen LogP contribution in [0.25, 0.3) is 0 Å². The maximum atomic E-state index is 12.9. The second-order valence-corrected chi connectivity index (χ2v) is 7.05. The van der Waals surface area contributed by atoms with Crippen LogP contribution in [0.2, 0.25) is 0 Å². The summed E-state index contributed by atoms with van der Waals surface area (Å²) in [6.07, 6.45) is 1.43. The van der Waals surface area contributed by atoms with Gasteiger partial charge in [-0.3, -0.25) is 0 Å². The molecule has 1 atom stereocenters. The molecule has 0 bridgehead atoms. The van der Waals surface area contributed by atoms with Crippen LogP contribution in [0.15, 0.2) is 27.1 Å². The van der Waals surface area contributed by atoms with Crippen LogP contribution in [0, 0.1) is 5.82 Å². The highest BCUT2D eigenvalue weighted by molar-refractivity contribution is 9.10. The van der Waals surface area contributed by atoms with Crippen LogP contribution in [-0.4, -0.2) is 15.5 Å². The average molecular weight is 306 g/mol. The molecule has 0 amide bonds. The molecule has 0 heterocycles. The lowest BCUT2D eigenvalue weighted by Gasteiger charge is -2.17. The van der Waals surface area contributed by atoms with Gasteiger partial charge in [0.1, 0.15) is 21.9 Å². The number of benzene rings is 1. The third-order valence-corrected chi connectivity index (χ3v) is 3.84. The Morgan fingerprint density at radius 3 is 2.62 bits per heavy atom. The van der Waals surface area contributed by atoms with Crippen molar-refractivity contribution < 1.29 is 8.94 Å². The van der Waals surface area contributed by atoms with Gasteiger partial charge < -0.3 is 4.55 Å². The van der Waals surface area contributed by atoms with Crippen LogP contribution < -0.4 is 0 Å². The highest BCUT2D eigenvalue weighted by atomic mass is 79.9. The Balaban J connectivity index is 2.88. The molecule has 0 fully saturated rings. The molecule has 0 N–H and O–H groups in total. The fourth-order valence-corrected chi connectivity index (χ4v) is 1.75. The van der Waals surface area contributed by atoms with Crippen molar-refractivity contribution in [2.24, 2.45) is 4.40 Å². The van der Waals surface area contributed by atoms with Gasteiger partial charge in [-0.1, -0.05) is 20.3 Å². The molecule has 0 aliphatic carbocycles. The van der Waals surface area contributed by atoms with Crippen LogP contribution in [0.5, 0.6) is 0 Å². The van der Waals surface area contributed by atoms with E-state index in [1.54, 1.807) is 6.07 Å². The van der Waals surface area contributed by atoms with Crippen LogP contribution in [0.4, 0.5) is 4.39 Å². The first kappa shape index (κ1) is 13.7. The van der Waals surface area contributed by atoms with E-state index in [1.807, 2.05) is 20.8 Å². The van der Waals surface area contributed by atoms with E-state index in [1.165, 1.54) is 18.3 Å². The molecule has 0 spiro atoms. The van der Waals surface area contributed by atoms with E-state index in [9.17, 15) is 8.94 Å². The van der Waals surface area contributed by atoms with Crippen molar-refractivity contribution in [3.8, 4) is 0 Å². The van der Waals surface area contributed by atoms with Gasteiger partial charge in [0.15, 0.2) is 0 Å². The summed E-state index contributed by atoms with van der Waals surface area (Å²) in [5.74, 6) is -0.341. The number of hydrogen-bond donors (Lipinski definition) is 0. The van der Waals surface area contributed by atoms with Crippen molar-refractivity contribution >= 4 is 33.5 Å². The Hall–Kier alpha value is -0.390. The summed E-state index contributed by atoms with van der Waals surface area (Å²) < 4.78 is 28.8. The molecule has 0 saturated heterocycles. The van der Waals surface area contributed by atoms with Crippen LogP contribution in [0.3, 0.4) is 0 Å². The Morgan fingerprint density at radius 1 is 1.44 bits per heavy atom. The van der Waals surface area contributed by atoms with E-state index < -0.39 is 16.1 Å². The smallest absolute Gasteiger partial charge is 0.144 e. The fraction of sp³-hybridized carbons (Fsp3) is 0.364. The molecular weight excluding hydrogens is 293 g/mol. The van der Waals surface area contributed by atoms with Crippen LogP contribution in [-0.2, 0) is 11.4 Å². The minimum absolute atomic E-state index is 0.341. The number of rotatable bonds is 2. The predicted octanol–water partition coefficient (Wildman–Crippen LogP) is 3.47.